The Morgan fingerprint density at radius 3 is 2.12 bits per heavy atom. The molecule has 0 spiro atoms. The van der Waals surface area contributed by atoms with E-state index in [-0.39, 0.29) is 11.8 Å². The lowest BCUT2D eigenvalue weighted by molar-refractivity contribution is -0.141. The van der Waals surface area contributed by atoms with Gasteiger partial charge in [0.25, 0.3) is 11.8 Å². The van der Waals surface area contributed by atoms with Crippen LogP contribution in [0.15, 0.2) is 77.3 Å². The van der Waals surface area contributed by atoms with Crippen LogP contribution in [0.4, 0.5) is 0 Å². The van der Waals surface area contributed by atoms with Crippen LogP contribution in [0.25, 0.3) is 22.8 Å². The van der Waals surface area contributed by atoms with Crippen molar-refractivity contribution >= 4 is 17.8 Å². The smallest absolute Gasteiger partial charge is 0.325 e. The number of amides is 2. The summed E-state index contributed by atoms with van der Waals surface area (Å²) >= 11 is 0. The van der Waals surface area contributed by atoms with Crippen molar-refractivity contribution in [3.63, 3.8) is 0 Å². The Balaban J connectivity index is 1.41. The zero-order valence-electron chi connectivity index (χ0n) is 28.4. The zero-order valence-corrected chi connectivity index (χ0v) is 28.4. The van der Waals surface area contributed by atoms with Gasteiger partial charge in [0.1, 0.15) is 17.8 Å². The molecule has 254 valence electrons. The molecule has 10 nitrogen and oxygen atoms in total. The van der Waals surface area contributed by atoms with Crippen molar-refractivity contribution in [3.05, 3.63) is 89.5 Å². The van der Waals surface area contributed by atoms with Gasteiger partial charge in [-0.1, -0.05) is 94.9 Å². The van der Waals surface area contributed by atoms with Crippen LogP contribution >= 0.6 is 0 Å². The molecule has 3 N–H and O–H groups in total. The lowest BCUT2D eigenvalue weighted by Gasteiger charge is -2.21. The van der Waals surface area contributed by atoms with Crippen LogP contribution in [-0.2, 0) is 21.4 Å². The summed E-state index contributed by atoms with van der Waals surface area (Å²) in [7, 11) is 0. The number of aliphatic carboxylic acids is 1. The first kappa shape index (κ1) is 35.9. The molecule has 0 aliphatic heterocycles. The van der Waals surface area contributed by atoms with Crippen LogP contribution in [-0.4, -0.2) is 51.7 Å². The van der Waals surface area contributed by atoms with Crippen molar-refractivity contribution in [3.8, 4) is 28.6 Å². The molecule has 0 radical (unpaired) electrons. The molecular weight excluding hydrogens is 608 g/mol. The van der Waals surface area contributed by atoms with Crippen LogP contribution < -0.4 is 15.4 Å². The maximum atomic E-state index is 13.2. The Labute approximate surface area is 282 Å². The second-order valence-electron chi connectivity index (χ2n) is 13.0. The first-order valence-corrected chi connectivity index (χ1v) is 16.6. The average Bonchev–Trinajstić information content (AvgIpc) is 3.56. The SMILES string of the molecule is CCCCCCCOc1ccc(-c2nc(-c3ccc(CC(NC(=O)c4ccc(C(C)(C)C)cc4)C(=O)NC(C)C(=O)O)cc3)no2)cc1. The number of carboxylic acid groups (broad SMARTS) is 1. The summed E-state index contributed by atoms with van der Waals surface area (Å²) in [5.74, 6) is -0.629. The molecule has 1 heterocycles. The number of ether oxygens (including phenoxy) is 1. The minimum Gasteiger partial charge on any atom is -0.494 e. The van der Waals surface area contributed by atoms with E-state index in [1.54, 1.807) is 12.1 Å². The minimum absolute atomic E-state index is 0.0760. The molecule has 4 rings (SSSR count). The van der Waals surface area contributed by atoms with Gasteiger partial charge in [0, 0.05) is 23.1 Å². The Bertz CT molecular complexity index is 1640. The monoisotopic (exact) mass is 654 g/mol. The summed E-state index contributed by atoms with van der Waals surface area (Å²) < 4.78 is 11.4. The predicted octanol–water partition coefficient (Wildman–Crippen LogP) is 6.98. The van der Waals surface area contributed by atoms with Gasteiger partial charge in [-0.3, -0.25) is 14.4 Å². The van der Waals surface area contributed by atoms with Gasteiger partial charge in [0.2, 0.25) is 11.7 Å². The number of nitrogens with one attached hydrogen (secondary N) is 2. The lowest BCUT2D eigenvalue weighted by atomic mass is 9.86. The van der Waals surface area contributed by atoms with Crippen LogP contribution in [0.2, 0.25) is 0 Å². The third kappa shape index (κ3) is 10.3. The van der Waals surface area contributed by atoms with Crippen LogP contribution in [0.1, 0.15) is 88.2 Å². The van der Waals surface area contributed by atoms with Crippen LogP contribution in [0.5, 0.6) is 5.75 Å². The van der Waals surface area contributed by atoms with Crippen LogP contribution in [0.3, 0.4) is 0 Å². The topological polar surface area (TPSA) is 144 Å². The molecule has 0 bridgehead atoms. The maximum Gasteiger partial charge on any atom is 0.325 e. The molecule has 2 unspecified atom stereocenters. The normalized spacial score (nSPS) is 12.6. The van der Waals surface area contributed by atoms with E-state index in [1.165, 1.54) is 32.6 Å². The van der Waals surface area contributed by atoms with Crippen molar-refractivity contribution < 1.29 is 28.8 Å². The summed E-state index contributed by atoms with van der Waals surface area (Å²) in [5, 5.41) is 18.7. The van der Waals surface area contributed by atoms with E-state index in [2.05, 4.69) is 48.5 Å². The number of unbranched alkanes of at least 4 members (excludes halogenated alkanes) is 4. The molecule has 4 aromatic rings. The molecule has 10 heteroatoms. The second-order valence-corrected chi connectivity index (χ2v) is 13.0. The molecular formula is C38H46N4O6. The van der Waals surface area contributed by atoms with Gasteiger partial charge >= 0.3 is 5.97 Å². The highest BCUT2D eigenvalue weighted by Gasteiger charge is 2.25. The van der Waals surface area contributed by atoms with Gasteiger partial charge in [-0.2, -0.15) is 4.98 Å². The number of aromatic nitrogens is 2. The van der Waals surface area contributed by atoms with E-state index < -0.39 is 29.9 Å². The number of carbonyl (C=O) groups excluding carboxylic acids is 2. The van der Waals surface area contributed by atoms with Crippen molar-refractivity contribution in [1.29, 1.82) is 0 Å². The van der Waals surface area contributed by atoms with Crippen molar-refractivity contribution in [2.75, 3.05) is 6.61 Å². The number of benzene rings is 3. The summed E-state index contributed by atoms with van der Waals surface area (Å²) in [5.41, 5.74) is 3.62. The highest BCUT2D eigenvalue weighted by atomic mass is 16.5. The van der Waals surface area contributed by atoms with Crippen LogP contribution in [0, 0.1) is 0 Å². The third-order valence-electron chi connectivity index (χ3n) is 8.06. The van der Waals surface area contributed by atoms with Crippen molar-refractivity contribution in [2.45, 2.75) is 90.6 Å². The van der Waals surface area contributed by atoms with E-state index in [0.29, 0.717) is 29.4 Å². The Morgan fingerprint density at radius 2 is 1.50 bits per heavy atom. The van der Waals surface area contributed by atoms with Gasteiger partial charge in [0.05, 0.1) is 6.61 Å². The van der Waals surface area contributed by atoms with E-state index in [9.17, 15) is 19.5 Å². The fraction of sp³-hybridized carbons (Fsp3) is 0.395. The summed E-state index contributed by atoms with van der Waals surface area (Å²) in [6.45, 7) is 10.5. The number of nitrogens with zero attached hydrogens (tertiary/aromatic N) is 2. The van der Waals surface area contributed by atoms with Gasteiger partial charge < -0.3 is 25.0 Å². The zero-order chi connectivity index (χ0) is 34.7. The lowest BCUT2D eigenvalue weighted by Crippen LogP contribution is -2.51. The first-order chi connectivity index (χ1) is 22.9. The van der Waals surface area contributed by atoms with E-state index >= 15 is 0 Å². The fourth-order valence-corrected chi connectivity index (χ4v) is 5.02. The third-order valence-corrected chi connectivity index (χ3v) is 8.06. The molecule has 2 atom stereocenters. The first-order valence-electron chi connectivity index (χ1n) is 16.6. The van der Waals surface area contributed by atoms with Crippen molar-refractivity contribution in [2.24, 2.45) is 0 Å². The van der Waals surface area contributed by atoms with Gasteiger partial charge in [-0.25, -0.2) is 0 Å². The Morgan fingerprint density at radius 1 is 0.854 bits per heavy atom. The van der Waals surface area contributed by atoms with E-state index in [1.807, 2.05) is 60.7 Å². The Kier molecular flexibility index (Phi) is 12.5. The fourth-order valence-electron chi connectivity index (χ4n) is 5.02. The number of hydrogen-bond donors (Lipinski definition) is 3. The molecule has 2 amide bonds. The number of rotatable bonds is 16. The number of hydrogen-bond acceptors (Lipinski definition) is 7. The molecule has 3 aromatic carbocycles. The summed E-state index contributed by atoms with van der Waals surface area (Å²) in [6, 6.07) is 19.9. The van der Waals surface area contributed by atoms with E-state index in [4.69, 9.17) is 9.26 Å². The maximum absolute atomic E-state index is 13.2. The molecule has 0 aliphatic carbocycles. The molecule has 0 aliphatic rings. The Hall–Kier alpha value is -4.99. The molecule has 48 heavy (non-hydrogen) atoms. The summed E-state index contributed by atoms with van der Waals surface area (Å²) in [4.78, 5) is 42.2. The summed E-state index contributed by atoms with van der Waals surface area (Å²) in [6.07, 6.45) is 6.05. The molecule has 1 aromatic heterocycles. The average molecular weight is 655 g/mol. The molecule has 0 saturated carbocycles. The molecule has 0 saturated heterocycles. The van der Waals surface area contributed by atoms with Gasteiger partial charge in [0.15, 0.2) is 0 Å². The van der Waals surface area contributed by atoms with E-state index in [0.717, 1.165) is 28.9 Å². The van der Waals surface area contributed by atoms with Gasteiger partial charge in [-0.15, -0.1) is 0 Å². The highest BCUT2D eigenvalue weighted by molar-refractivity contribution is 5.98. The molecule has 0 fully saturated rings. The van der Waals surface area contributed by atoms with Crippen molar-refractivity contribution in [1.82, 2.24) is 20.8 Å². The standard InChI is InChI=1S/C38H46N4O6/c1-6-7-8-9-10-23-47-31-21-17-29(18-22-31)36-41-33(42-48-36)27-13-11-26(12-14-27)24-32(35(44)39-25(2)37(45)46)40-34(43)28-15-19-30(20-16-28)38(3,4)5/h11-22,25,32H,6-10,23-24H2,1-5H3,(H,39,44)(H,40,43)(H,45,46). The largest absolute Gasteiger partial charge is 0.494 e. The minimum atomic E-state index is -1.17. The predicted molar refractivity (Wildman–Crippen MR) is 185 cm³/mol. The number of carboxylic acids is 1. The number of carbonyl (C=O) groups is 3. The second kappa shape index (κ2) is 16.7. The van der Waals surface area contributed by atoms with Gasteiger partial charge in [-0.05, 0) is 66.3 Å². The highest BCUT2D eigenvalue weighted by Crippen LogP contribution is 2.25. The quantitative estimate of drug-likeness (QED) is 0.110.